The van der Waals surface area contributed by atoms with Gasteiger partial charge in [0.15, 0.2) is 0 Å². The summed E-state index contributed by atoms with van der Waals surface area (Å²) in [7, 11) is 0. The molecule has 0 radical (unpaired) electrons. The van der Waals surface area contributed by atoms with Crippen LogP contribution in [0.3, 0.4) is 0 Å². The monoisotopic (exact) mass is 461 g/mol. The van der Waals surface area contributed by atoms with E-state index in [4.69, 9.17) is 9.72 Å². The summed E-state index contributed by atoms with van der Waals surface area (Å²) in [4.78, 5) is 32.9. The molecule has 5 rings (SSSR count). The van der Waals surface area contributed by atoms with Crippen LogP contribution in [0.5, 0.6) is 0 Å². The number of piperazine rings is 1. The van der Waals surface area contributed by atoms with Gasteiger partial charge in [-0.2, -0.15) is 5.26 Å². The van der Waals surface area contributed by atoms with Crippen molar-refractivity contribution in [3.8, 4) is 6.07 Å². The van der Waals surface area contributed by atoms with Crippen LogP contribution in [0.15, 0.2) is 24.7 Å². The fourth-order valence-electron chi connectivity index (χ4n) is 5.32. The summed E-state index contributed by atoms with van der Waals surface area (Å²) in [5.41, 5.74) is 1.26. The second kappa shape index (κ2) is 8.12. The number of anilines is 3. The molecule has 4 heterocycles. The van der Waals surface area contributed by atoms with Crippen molar-refractivity contribution in [2.45, 2.75) is 64.0 Å². The van der Waals surface area contributed by atoms with Crippen LogP contribution in [-0.2, 0) is 10.2 Å². The first-order valence-corrected chi connectivity index (χ1v) is 11.9. The largest absolute Gasteiger partial charge is 0.444 e. The lowest BCUT2D eigenvalue weighted by atomic mass is 9.66. The zero-order valence-electron chi connectivity index (χ0n) is 20.3. The highest BCUT2D eigenvalue weighted by atomic mass is 16.6. The third-order valence-corrected chi connectivity index (χ3v) is 7.07. The maximum Gasteiger partial charge on any atom is 0.410 e. The predicted octanol–water partition coefficient (Wildman–Crippen LogP) is 3.76. The number of ether oxygens (including phenoxy) is 1. The standard InChI is InChI=1S/C25H31N7O2/c1-17-14-30(10-11-31(17)23(33)34-24(2,3)4)21-20-22(29-16-28-21)32(15-25(20)7-5-8-25)19-12-18(13-26)6-9-27-19/h6,9,12,16-17H,5,7-8,10-11,14-15H2,1-4H3. The number of pyridine rings is 1. The highest BCUT2D eigenvalue weighted by molar-refractivity contribution is 5.75. The maximum absolute atomic E-state index is 12.7. The second-order valence-electron chi connectivity index (χ2n) is 10.6. The van der Waals surface area contributed by atoms with Gasteiger partial charge in [0, 0.05) is 49.4 Å². The number of nitriles is 1. The Bertz CT molecular complexity index is 1150. The van der Waals surface area contributed by atoms with E-state index in [0.29, 0.717) is 25.2 Å². The van der Waals surface area contributed by atoms with Crippen molar-refractivity contribution >= 4 is 23.5 Å². The van der Waals surface area contributed by atoms with Crippen molar-refractivity contribution in [2.24, 2.45) is 0 Å². The van der Waals surface area contributed by atoms with Gasteiger partial charge in [0.25, 0.3) is 0 Å². The molecule has 1 amide bonds. The Hall–Kier alpha value is -3.41. The number of carbonyl (C=O) groups excluding carboxylic acids is 1. The van der Waals surface area contributed by atoms with Crippen LogP contribution in [0.25, 0.3) is 0 Å². The van der Waals surface area contributed by atoms with Gasteiger partial charge in [0.05, 0.1) is 11.6 Å². The van der Waals surface area contributed by atoms with Crippen molar-refractivity contribution in [1.29, 1.82) is 5.26 Å². The molecule has 1 saturated carbocycles. The first-order valence-electron chi connectivity index (χ1n) is 11.9. The summed E-state index contributed by atoms with van der Waals surface area (Å²) in [6.07, 6.45) is 6.38. The minimum atomic E-state index is -0.516. The van der Waals surface area contributed by atoms with Crippen LogP contribution in [0.4, 0.5) is 22.2 Å². The molecule has 2 aromatic rings. The van der Waals surface area contributed by atoms with E-state index in [1.165, 1.54) is 12.0 Å². The summed E-state index contributed by atoms with van der Waals surface area (Å²) >= 11 is 0. The van der Waals surface area contributed by atoms with Crippen molar-refractivity contribution in [2.75, 3.05) is 36.0 Å². The normalized spacial score (nSPS) is 21.1. The number of carbonyl (C=O) groups is 1. The SMILES string of the molecule is CC1CN(c2ncnc3c2C2(CCC2)CN3c2cc(C#N)ccn2)CCN1C(=O)OC(C)(C)C. The fraction of sp³-hybridized carbons (Fsp3) is 0.560. The quantitative estimate of drug-likeness (QED) is 0.667. The average molecular weight is 462 g/mol. The topological polar surface area (TPSA) is 98.5 Å². The molecule has 0 N–H and O–H groups in total. The van der Waals surface area contributed by atoms with E-state index in [9.17, 15) is 10.1 Å². The van der Waals surface area contributed by atoms with Gasteiger partial charge in [0.2, 0.25) is 0 Å². The molecule has 2 fully saturated rings. The van der Waals surface area contributed by atoms with Crippen LogP contribution in [-0.4, -0.2) is 63.8 Å². The summed E-state index contributed by atoms with van der Waals surface area (Å²) < 4.78 is 5.61. The molecule has 1 unspecified atom stereocenters. The maximum atomic E-state index is 12.7. The third kappa shape index (κ3) is 3.81. The highest BCUT2D eigenvalue weighted by Gasteiger charge is 2.51. The lowest BCUT2D eigenvalue weighted by Gasteiger charge is -2.43. The van der Waals surface area contributed by atoms with Gasteiger partial charge >= 0.3 is 6.09 Å². The predicted molar refractivity (Wildman–Crippen MR) is 128 cm³/mol. The van der Waals surface area contributed by atoms with Gasteiger partial charge in [-0.15, -0.1) is 0 Å². The number of aromatic nitrogens is 3. The third-order valence-electron chi connectivity index (χ3n) is 7.07. The van der Waals surface area contributed by atoms with Crippen LogP contribution >= 0.6 is 0 Å². The zero-order valence-corrected chi connectivity index (χ0v) is 20.3. The number of hydrogen-bond donors (Lipinski definition) is 0. The van der Waals surface area contributed by atoms with E-state index in [-0.39, 0.29) is 17.6 Å². The molecule has 34 heavy (non-hydrogen) atoms. The molecular weight excluding hydrogens is 430 g/mol. The molecule has 1 spiro atoms. The number of nitrogens with zero attached hydrogens (tertiary/aromatic N) is 7. The van der Waals surface area contributed by atoms with Gasteiger partial charge in [0.1, 0.15) is 29.4 Å². The van der Waals surface area contributed by atoms with Crippen molar-refractivity contribution in [3.63, 3.8) is 0 Å². The Morgan fingerprint density at radius 2 is 1.97 bits per heavy atom. The van der Waals surface area contributed by atoms with E-state index >= 15 is 0 Å². The first-order chi connectivity index (χ1) is 16.2. The molecule has 9 heteroatoms. The second-order valence-corrected chi connectivity index (χ2v) is 10.6. The van der Waals surface area contributed by atoms with Crippen molar-refractivity contribution in [1.82, 2.24) is 19.9 Å². The van der Waals surface area contributed by atoms with Crippen LogP contribution in [0, 0.1) is 11.3 Å². The van der Waals surface area contributed by atoms with Gasteiger partial charge in [-0.1, -0.05) is 6.42 Å². The van der Waals surface area contributed by atoms with Crippen molar-refractivity contribution < 1.29 is 9.53 Å². The van der Waals surface area contributed by atoms with E-state index in [1.807, 2.05) is 31.7 Å². The Labute approximate surface area is 200 Å². The van der Waals surface area contributed by atoms with Crippen molar-refractivity contribution in [3.05, 3.63) is 35.8 Å². The van der Waals surface area contributed by atoms with Gasteiger partial charge in [-0.3, -0.25) is 0 Å². The minimum Gasteiger partial charge on any atom is -0.444 e. The molecule has 1 saturated heterocycles. The van der Waals surface area contributed by atoms with Gasteiger partial charge in [-0.25, -0.2) is 19.7 Å². The average Bonchev–Trinajstić information content (AvgIpc) is 3.14. The molecule has 3 aliphatic rings. The molecule has 1 atom stereocenters. The molecule has 2 aliphatic heterocycles. The van der Waals surface area contributed by atoms with Gasteiger partial charge < -0.3 is 19.4 Å². The van der Waals surface area contributed by atoms with Crippen LogP contribution in [0.1, 0.15) is 58.1 Å². The first kappa shape index (κ1) is 22.4. The smallest absolute Gasteiger partial charge is 0.410 e. The summed E-state index contributed by atoms with van der Waals surface area (Å²) in [5.74, 6) is 2.59. The Morgan fingerprint density at radius 3 is 2.62 bits per heavy atom. The van der Waals surface area contributed by atoms with E-state index < -0.39 is 5.60 Å². The van der Waals surface area contributed by atoms with Crippen LogP contribution < -0.4 is 9.80 Å². The number of fused-ring (bicyclic) bond motifs is 2. The lowest BCUT2D eigenvalue weighted by molar-refractivity contribution is 0.0158. The number of rotatable bonds is 2. The number of amides is 1. The van der Waals surface area contributed by atoms with Gasteiger partial charge in [-0.05, 0) is 52.7 Å². The van der Waals surface area contributed by atoms with E-state index in [2.05, 4.69) is 32.8 Å². The van der Waals surface area contributed by atoms with E-state index in [1.54, 1.807) is 18.6 Å². The summed E-state index contributed by atoms with van der Waals surface area (Å²) in [6, 6.07) is 5.75. The Kier molecular flexibility index (Phi) is 5.34. The molecule has 9 nitrogen and oxygen atoms in total. The molecule has 178 valence electrons. The molecule has 0 aromatic carbocycles. The minimum absolute atomic E-state index is 0.00178. The zero-order chi connectivity index (χ0) is 24.1. The molecule has 0 bridgehead atoms. The number of hydrogen-bond acceptors (Lipinski definition) is 8. The molecule has 2 aromatic heterocycles. The Morgan fingerprint density at radius 1 is 1.21 bits per heavy atom. The molecular formula is C25H31N7O2. The lowest BCUT2D eigenvalue weighted by Crippen LogP contribution is -2.55. The van der Waals surface area contributed by atoms with Crippen LogP contribution in [0.2, 0.25) is 0 Å². The Balaban J connectivity index is 1.45. The summed E-state index contributed by atoms with van der Waals surface area (Å²) in [5, 5.41) is 9.36. The summed E-state index contributed by atoms with van der Waals surface area (Å²) in [6.45, 7) is 10.5. The molecule has 1 aliphatic carbocycles. The fourth-order valence-corrected chi connectivity index (χ4v) is 5.32. The van der Waals surface area contributed by atoms with E-state index in [0.717, 1.165) is 36.8 Å². The highest BCUT2D eigenvalue weighted by Crippen LogP contribution is 2.56.